The molecule has 1 aromatic heterocycles. The lowest BCUT2D eigenvalue weighted by molar-refractivity contribution is -0.128. The van der Waals surface area contributed by atoms with Gasteiger partial charge in [0.15, 0.2) is 0 Å². The zero-order chi connectivity index (χ0) is 14.4. The van der Waals surface area contributed by atoms with E-state index in [1.165, 1.54) is 0 Å². The number of morpholine rings is 1. The molecule has 7 heteroatoms. The Balaban J connectivity index is 1.76. The van der Waals surface area contributed by atoms with Gasteiger partial charge < -0.3 is 9.84 Å². The molecule has 1 aliphatic heterocycles. The fourth-order valence-corrected chi connectivity index (χ4v) is 2.18. The number of pyridine rings is 1. The molecule has 1 aliphatic rings. The molecule has 2 unspecified atom stereocenters. The maximum Gasteiger partial charge on any atom is 0.252 e. The summed E-state index contributed by atoms with van der Waals surface area (Å²) < 4.78 is 5.53. The van der Waals surface area contributed by atoms with E-state index in [1.54, 1.807) is 18.3 Å². The molecule has 1 aromatic rings. The molecule has 0 aromatic carbocycles. The molecule has 2 heterocycles. The van der Waals surface area contributed by atoms with Crippen molar-refractivity contribution in [2.75, 3.05) is 31.7 Å². The Morgan fingerprint density at radius 2 is 2.40 bits per heavy atom. The molecule has 2 atom stereocenters. The van der Waals surface area contributed by atoms with Gasteiger partial charge in [-0.25, -0.2) is 4.98 Å². The van der Waals surface area contributed by atoms with E-state index in [0.29, 0.717) is 18.9 Å². The van der Waals surface area contributed by atoms with Crippen LogP contribution in [0.5, 0.6) is 0 Å². The third kappa shape index (κ3) is 4.44. The third-order valence-electron chi connectivity index (χ3n) is 2.97. The first kappa shape index (κ1) is 14.7. The predicted molar refractivity (Wildman–Crippen MR) is 73.9 cm³/mol. The van der Waals surface area contributed by atoms with Crippen molar-refractivity contribution in [1.82, 2.24) is 15.3 Å². The number of hydrogen-bond acceptors (Lipinski definition) is 6. The fraction of sp³-hybridized carbons (Fsp3) is 0.538. The fourth-order valence-electron chi connectivity index (χ4n) is 2.18. The molecule has 1 fully saturated rings. The van der Waals surface area contributed by atoms with Crippen LogP contribution in [0.15, 0.2) is 24.4 Å². The normalized spacial score (nSPS) is 23.3. The SMILES string of the molecule is CC1CN(CC(=O)NNc2ccccn2)CC(CO)O1. The molecule has 1 amide bonds. The summed E-state index contributed by atoms with van der Waals surface area (Å²) in [4.78, 5) is 17.8. The maximum atomic E-state index is 11.8. The van der Waals surface area contributed by atoms with Crippen molar-refractivity contribution in [3.63, 3.8) is 0 Å². The van der Waals surface area contributed by atoms with E-state index in [2.05, 4.69) is 15.8 Å². The highest BCUT2D eigenvalue weighted by Gasteiger charge is 2.25. The number of amides is 1. The van der Waals surface area contributed by atoms with Gasteiger partial charge in [-0.3, -0.25) is 20.5 Å². The Labute approximate surface area is 117 Å². The summed E-state index contributed by atoms with van der Waals surface area (Å²) in [6.07, 6.45) is 1.43. The van der Waals surface area contributed by atoms with Gasteiger partial charge in [0.2, 0.25) is 0 Å². The minimum atomic E-state index is -0.227. The minimum Gasteiger partial charge on any atom is -0.394 e. The van der Waals surface area contributed by atoms with Crippen LogP contribution in [0, 0.1) is 0 Å². The van der Waals surface area contributed by atoms with Gasteiger partial charge in [-0.15, -0.1) is 0 Å². The number of nitrogens with zero attached hydrogens (tertiary/aromatic N) is 2. The third-order valence-corrected chi connectivity index (χ3v) is 2.97. The van der Waals surface area contributed by atoms with E-state index in [9.17, 15) is 4.79 Å². The predicted octanol–water partition coefficient (Wildman–Crippen LogP) is -0.394. The maximum absolute atomic E-state index is 11.8. The van der Waals surface area contributed by atoms with Crippen molar-refractivity contribution in [1.29, 1.82) is 0 Å². The van der Waals surface area contributed by atoms with Crippen LogP contribution >= 0.6 is 0 Å². The second-order valence-corrected chi connectivity index (χ2v) is 4.83. The van der Waals surface area contributed by atoms with Gasteiger partial charge in [0.05, 0.1) is 25.4 Å². The smallest absolute Gasteiger partial charge is 0.252 e. The summed E-state index contributed by atoms with van der Waals surface area (Å²) in [5, 5.41) is 9.14. The van der Waals surface area contributed by atoms with E-state index >= 15 is 0 Å². The Hall–Kier alpha value is -1.70. The molecule has 7 nitrogen and oxygen atoms in total. The molecule has 110 valence electrons. The Bertz CT molecular complexity index is 429. The van der Waals surface area contributed by atoms with Crippen LogP contribution in [0.1, 0.15) is 6.92 Å². The van der Waals surface area contributed by atoms with Gasteiger partial charge in [-0.1, -0.05) is 6.07 Å². The first-order valence-electron chi connectivity index (χ1n) is 6.62. The number of anilines is 1. The van der Waals surface area contributed by atoms with Crippen molar-refractivity contribution in [3.8, 4) is 0 Å². The van der Waals surface area contributed by atoms with Crippen molar-refractivity contribution < 1.29 is 14.6 Å². The summed E-state index contributed by atoms with van der Waals surface area (Å²) in [5.41, 5.74) is 5.35. The first-order chi connectivity index (χ1) is 9.67. The zero-order valence-electron chi connectivity index (χ0n) is 11.5. The molecule has 0 radical (unpaired) electrons. The van der Waals surface area contributed by atoms with E-state index < -0.39 is 0 Å². The van der Waals surface area contributed by atoms with Crippen molar-refractivity contribution in [3.05, 3.63) is 24.4 Å². The molecular formula is C13H20N4O3. The van der Waals surface area contributed by atoms with Gasteiger partial charge in [0, 0.05) is 19.3 Å². The topological polar surface area (TPSA) is 86.7 Å². The molecule has 1 saturated heterocycles. The molecule has 0 spiro atoms. The highest BCUT2D eigenvalue weighted by molar-refractivity contribution is 5.79. The number of nitrogens with one attached hydrogen (secondary N) is 2. The van der Waals surface area contributed by atoms with E-state index in [1.807, 2.05) is 17.9 Å². The standard InChI is InChI=1S/C13H20N4O3/c1-10-6-17(7-11(9-18)20-10)8-13(19)16-15-12-4-2-3-5-14-12/h2-5,10-11,18H,6-9H2,1H3,(H,14,15)(H,16,19). The summed E-state index contributed by atoms with van der Waals surface area (Å²) in [7, 11) is 0. The lowest BCUT2D eigenvalue weighted by Gasteiger charge is -2.35. The Kier molecular flexibility index (Phi) is 5.28. The van der Waals surface area contributed by atoms with Crippen LogP contribution in [0.3, 0.4) is 0 Å². The van der Waals surface area contributed by atoms with Crippen LogP contribution in [-0.4, -0.2) is 59.3 Å². The summed E-state index contributed by atoms with van der Waals surface area (Å²) in [6, 6.07) is 5.40. The Morgan fingerprint density at radius 3 is 3.10 bits per heavy atom. The van der Waals surface area contributed by atoms with Crippen LogP contribution < -0.4 is 10.9 Å². The van der Waals surface area contributed by atoms with Gasteiger partial charge >= 0.3 is 0 Å². The van der Waals surface area contributed by atoms with Gasteiger partial charge in [-0.2, -0.15) is 0 Å². The number of aliphatic hydroxyl groups is 1. The molecular weight excluding hydrogens is 260 g/mol. The summed E-state index contributed by atoms with van der Waals surface area (Å²) in [6.45, 7) is 3.38. The van der Waals surface area contributed by atoms with Crippen LogP contribution in [0.25, 0.3) is 0 Å². The summed E-state index contributed by atoms with van der Waals surface area (Å²) in [5.74, 6) is 0.436. The zero-order valence-corrected chi connectivity index (χ0v) is 11.5. The second-order valence-electron chi connectivity index (χ2n) is 4.83. The Morgan fingerprint density at radius 1 is 1.55 bits per heavy atom. The van der Waals surface area contributed by atoms with Crippen LogP contribution in [-0.2, 0) is 9.53 Å². The number of carbonyl (C=O) groups is 1. The van der Waals surface area contributed by atoms with Gasteiger partial charge in [0.25, 0.3) is 5.91 Å². The number of hydrazine groups is 1. The molecule has 0 saturated carbocycles. The number of ether oxygens (including phenoxy) is 1. The number of aliphatic hydroxyl groups excluding tert-OH is 1. The highest BCUT2D eigenvalue weighted by atomic mass is 16.5. The number of aromatic nitrogens is 1. The van der Waals surface area contributed by atoms with E-state index in [-0.39, 0.29) is 31.3 Å². The second kappa shape index (κ2) is 7.18. The number of rotatable bonds is 5. The van der Waals surface area contributed by atoms with E-state index in [0.717, 1.165) is 0 Å². The van der Waals surface area contributed by atoms with Crippen LogP contribution in [0.4, 0.5) is 5.82 Å². The lowest BCUT2D eigenvalue weighted by Crippen LogP contribution is -2.51. The molecule has 0 bridgehead atoms. The number of carbonyl (C=O) groups excluding carboxylic acids is 1. The van der Waals surface area contributed by atoms with Crippen LogP contribution in [0.2, 0.25) is 0 Å². The van der Waals surface area contributed by atoms with Gasteiger partial charge in [0.1, 0.15) is 5.82 Å². The first-order valence-corrected chi connectivity index (χ1v) is 6.62. The minimum absolute atomic E-state index is 0.0115. The average Bonchev–Trinajstić information content (AvgIpc) is 2.45. The molecule has 0 aliphatic carbocycles. The average molecular weight is 280 g/mol. The molecule has 20 heavy (non-hydrogen) atoms. The van der Waals surface area contributed by atoms with Crippen molar-refractivity contribution in [2.24, 2.45) is 0 Å². The molecule has 3 N–H and O–H groups in total. The highest BCUT2D eigenvalue weighted by Crippen LogP contribution is 2.10. The monoisotopic (exact) mass is 280 g/mol. The largest absolute Gasteiger partial charge is 0.394 e. The van der Waals surface area contributed by atoms with Crippen molar-refractivity contribution in [2.45, 2.75) is 19.1 Å². The summed E-state index contributed by atoms with van der Waals surface area (Å²) >= 11 is 0. The lowest BCUT2D eigenvalue weighted by atomic mass is 10.2. The quantitative estimate of drug-likeness (QED) is 0.637. The number of hydrogen-bond donors (Lipinski definition) is 3. The van der Waals surface area contributed by atoms with Gasteiger partial charge in [-0.05, 0) is 19.1 Å². The van der Waals surface area contributed by atoms with E-state index in [4.69, 9.17) is 9.84 Å². The molecule has 2 rings (SSSR count). The van der Waals surface area contributed by atoms with Crippen molar-refractivity contribution >= 4 is 11.7 Å².